The highest BCUT2D eigenvalue weighted by Crippen LogP contribution is 2.16. The van der Waals surface area contributed by atoms with Gasteiger partial charge in [-0.25, -0.2) is 0 Å². The van der Waals surface area contributed by atoms with Gasteiger partial charge in [0.2, 0.25) is 0 Å². The topological polar surface area (TPSA) is 78.9 Å². The maximum Gasteiger partial charge on any atom is 0.306 e. The van der Waals surface area contributed by atoms with E-state index in [-0.39, 0.29) is 31.1 Å². The molecule has 6 nitrogen and oxygen atoms in total. The fraction of sp³-hybridized carbons (Fsp3) is 0.936. The zero-order chi connectivity index (χ0) is 39.0. The molecule has 0 saturated carbocycles. The summed E-state index contributed by atoms with van der Waals surface area (Å²) in [6.45, 7) is 11.3. The summed E-state index contributed by atoms with van der Waals surface area (Å²) in [7, 11) is 0. The second kappa shape index (κ2) is 40.1. The summed E-state index contributed by atoms with van der Waals surface area (Å²) in [4.78, 5) is 37.6. The smallest absolute Gasteiger partial charge is 0.306 e. The van der Waals surface area contributed by atoms with E-state index in [1.807, 2.05) is 0 Å². The Morgan fingerprint density at radius 2 is 0.623 bits per heavy atom. The minimum atomic E-state index is -0.759. The van der Waals surface area contributed by atoms with Crippen LogP contribution in [-0.4, -0.2) is 37.2 Å². The molecular weight excluding hydrogens is 661 g/mol. The van der Waals surface area contributed by atoms with Crippen LogP contribution in [0.5, 0.6) is 0 Å². The third-order valence-corrected chi connectivity index (χ3v) is 10.5. The van der Waals surface area contributed by atoms with Gasteiger partial charge in [-0.3, -0.25) is 14.4 Å². The average Bonchev–Trinajstić information content (AvgIpc) is 3.12. The molecule has 53 heavy (non-hydrogen) atoms. The van der Waals surface area contributed by atoms with Crippen molar-refractivity contribution in [1.29, 1.82) is 0 Å². The predicted molar refractivity (Wildman–Crippen MR) is 224 cm³/mol. The zero-order valence-electron chi connectivity index (χ0n) is 36.1. The van der Waals surface area contributed by atoms with Crippen molar-refractivity contribution in [1.82, 2.24) is 0 Å². The van der Waals surface area contributed by atoms with Crippen LogP contribution in [0.3, 0.4) is 0 Å². The molecule has 0 spiro atoms. The normalized spacial score (nSPS) is 12.1. The average molecular weight is 751 g/mol. The first kappa shape index (κ1) is 51.4. The summed E-state index contributed by atoms with van der Waals surface area (Å²) in [5, 5.41) is 0. The molecule has 314 valence electrons. The van der Waals surface area contributed by atoms with E-state index < -0.39 is 6.10 Å². The molecule has 0 aromatic heterocycles. The standard InChI is InChI=1S/C47H90O6/c1-6-7-8-9-20-29-34-39-47(50)53-44(41-52-46(49)38-33-28-24-19-15-17-22-26-31-36-43(4)5)40-51-45(48)37-32-27-23-18-14-12-10-11-13-16-21-25-30-35-42(2)3/h42-44H,6-41H2,1-5H3/t44-/m1/s1. The van der Waals surface area contributed by atoms with Gasteiger partial charge in [0.1, 0.15) is 13.2 Å². The van der Waals surface area contributed by atoms with Crippen LogP contribution >= 0.6 is 0 Å². The molecule has 0 N–H and O–H groups in total. The first-order chi connectivity index (χ1) is 25.7. The van der Waals surface area contributed by atoms with Crippen LogP contribution in [-0.2, 0) is 28.6 Å². The molecule has 6 heteroatoms. The van der Waals surface area contributed by atoms with E-state index in [0.29, 0.717) is 19.3 Å². The van der Waals surface area contributed by atoms with Crippen molar-refractivity contribution in [2.45, 2.75) is 259 Å². The van der Waals surface area contributed by atoms with Gasteiger partial charge in [-0.05, 0) is 31.1 Å². The fourth-order valence-corrected chi connectivity index (χ4v) is 6.93. The molecule has 0 saturated heterocycles. The van der Waals surface area contributed by atoms with Crippen LogP contribution in [0.2, 0.25) is 0 Å². The lowest BCUT2D eigenvalue weighted by molar-refractivity contribution is -0.167. The Bertz CT molecular complexity index is 809. The van der Waals surface area contributed by atoms with Crippen molar-refractivity contribution in [3.8, 4) is 0 Å². The largest absolute Gasteiger partial charge is 0.462 e. The van der Waals surface area contributed by atoms with Gasteiger partial charge >= 0.3 is 17.9 Å². The van der Waals surface area contributed by atoms with Crippen LogP contribution in [0.15, 0.2) is 0 Å². The molecule has 0 amide bonds. The van der Waals surface area contributed by atoms with Gasteiger partial charge in [0, 0.05) is 19.3 Å². The number of esters is 3. The second-order valence-electron chi connectivity index (χ2n) is 17.0. The zero-order valence-corrected chi connectivity index (χ0v) is 36.1. The van der Waals surface area contributed by atoms with Crippen LogP contribution < -0.4 is 0 Å². The van der Waals surface area contributed by atoms with Gasteiger partial charge in [0.05, 0.1) is 0 Å². The molecule has 0 aliphatic heterocycles. The van der Waals surface area contributed by atoms with Gasteiger partial charge in [-0.2, -0.15) is 0 Å². The molecule has 0 unspecified atom stereocenters. The highest BCUT2D eigenvalue weighted by molar-refractivity contribution is 5.71. The number of rotatable bonds is 41. The molecule has 0 rings (SSSR count). The molecule has 0 aromatic rings. The van der Waals surface area contributed by atoms with Gasteiger partial charge < -0.3 is 14.2 Å². The van der Waals surface area contributed by atoms with Crippen molar-refractivity contribution in [3.05, 3.63) is 0 Å². The summed E-state index contributed by atoms with van der Waals surface area (Å²) >= 11 is 0. The fourth-order valence-electron chi connectivity index (χ4n) is 6.93. The van der Waals surface area contributed by atoms with Crippen molar-refractivity contribution >= 4 is 17.9 Å². The van der Waals surface area contributed by atoms with E-state index in [0.717, 1.165) is 69.6 Å². The van der Waals surface area contributed by atoms with E-state index >= 15 is 0 Å². The highest BCUT2D eigenvalue weighted by Gasteiger charge is 2.19. The predicted octanol–water partition coefficient (Wildman–Crippen LogP) is 14.6. The van der Waals surface area contributed by atoms with Crippen LogP contribution in [0, 0.1) is 11.8 Å². The van der Waals surface area contributed by atoms with Gasteiger partial charge in [0.25, 0.3) is 0 Å². The summed E-state index contributed by atoms with van der Waals surface area (Å²) in [5.41, 5.74) is 0. The maximum absolute atomic E-state index is 12.6. The summed E-state index contributed by atoms with van der Waals surface area (Å²) in [6.07, 6.45) is 38.2. The molecule has 1 atom stereocenters. The molecule has 0 heterocycles. The number of carbonyl (C=O) groups excluding carboxylic acids is 3. The monoisotopic (exact) mass is 751 g/mol. The van der Waals surface area contributed by atoms with Gasteiger partial charge in [-0.15, -0.1) is 0 Å². The van der Waals surface area contributed by atoms with E-state index in [1.54, 1.807) is 0 Å². The van der Waals surface area contributed by atoms with E-state index in [9.17, 15) is 14.4 Å². The van der Waals surface area contributed by atoms with Crippen molar-refractivity contribution in [2.24, 2.45) is 11.8 Å². The lowest BCUT2D eigenvalue weighted by Crippen LogP contribution is -2.30. The lowest BCUT2D eigenvalue weighted by atomic mass is 10.0. The SMILES string of the molecule is CCCCCCCCCC(=O)O[C@H](COC(=O)CCCCCCCCCCCCCCCC(C)C)COC(=O)CCCCCCCCCCCC(C)C. The summed E-state index contributed by atoms with van der Waals surface area (Å²) in [5.74, 6) is 0.785. The third kappa shape index (κ3) is 41.4. The van der Waals surface area contributed by atoms with Gasteiger partial charge in [-0.1, -0.05) is 214 Å². The second-order valence-corrected chi connectivity index (χ2v) is 17.0. The minimum Gasteiger partial charge on any atom is -0.462 e. The lowest BCUT2D eigenvalue weighted by Gasteiger charge is -2.18. The Morgan fingerprint density at radius 1 is 0.358 bits per heavy atom. The molecule has 0 aliphatic carbocycles. The third-order valence-electron chi connectivity index (χ3n) is 10.5. The summed E-state index contributed by atoms with van der Waals surface area (Å²) < 4.78 is 16.7. The first-order valence-corrected chi connectivity index (χ1v) is 23.2. The molecular formula is C47H90O6. The Kier molecular flexibility index (Phi) is 38.9. The number of hydrogen-bond donors (Lipinski definition) is 0. The first-order valence-electron chi connectivity index (χ1n) is 23.2. The Labute approximate surface area is 329 Å². The number of carbonyl (C=O) groups is 3. The molecule has 0 aromatic carbocycles. The summed E-state index contributed by atoms with van der Waals surface area (Å²) in [6, 6.07) is 0. The molecule has 0 aliphatic rings. The van der Waals surface area contributed by atoms with Crippen molar-refractivity contribution in [2.75, 3.05) is 13.2 Å². The molecule has 0 radical (unpaired) electrons. The van der Waals surface area contributed by atoms with Crippen LogP contribution in [0.4, 0.5) is 0 Å². The molecule has 0 bridgehead atoms. The number of unbranched alkanes of at least 4 members (excludes halogenated alkanes) is 26. The van der Waals surface area contributed by atoms with E-state index in [4.69, 9.17) is 14.2 Å². The van der Waals surface area contributed by atoms with Crippen LogP contribution in [0.25, 0.3) is 0 Å². The van der Waals surface area contributed by atoms with Crippen molar-refractivity contribution < 1.29 is 28.6 Å². The van der Waals surface area contributed by atoms with E-state index in [1.165, 1.54) is 141 Å². The quantitative estimate of drug-likeness (QED) is 0.0352. The maximum atomic E-state index is 12.6. The van der Waals surface area contributed by atoms with Gasteiger partial charge in [0.15, 0.2) is 6.10 Å². The molecule has 0 fully saturated rings. The highest BCUT2D eigenvalue weighted by atomic mass is 16.6. The van der Waals surface area contributed by atoms with Crippen molar-refractivity contribution in [3.63, 3.8) is 0 Å². The number of hydrogen-bond acceptors (Lipinski definition) is 6. The Morgan fingerprint density at radius 3 is 0.925 bits per heavy atom. The Balaban J connectivity index is 4.21. The van der Waals surface area contributed by atoms with Crippen LogP contribution in [0.1, 0.15) is 253 Å². The minimum absolute atomic E-state index is 0.0652. The number of ether oxygens (including phenoxy) is 3. The van der Waals surface area contributed by atoms with E-state index in [2.05, 4.69) is 34.6 Å². The Hall–Kier alpha value is -1.59.